The third-order valence-electron chi connectivity index (χ3n) is 3.57. The number of hydrogen-bond donors (Lipinski definition) is 7. The highest BCUT2D eigenvalue weighted by Crippen LogP contribution is 1.91. The van der Waals surface area contributed by atoms with Gasteiger partial charge < -0.3 is 36.6 Å². The van der Waals surface area contributed by atoms with Gasteiger partial charge in [0.15, 0.2) is 0 Å². The molecule has 0 spiro atoms. The van der Waals surface area contributed by atoms with Crippen molar-refractivity contribution in [1.82, 2.24) is 26.2 Å². The van der Waals surface area contributed by atoms with E-state index in [0.717, 1.165) is 52.4 Å². The van der Waals surface area contributed by atoms with E-state index in [2.05, 4.69) is 26.2 Å². The van der Waals surface area contributed by atoms with Crippen LogP contribution in [0.5, 0.6) is 0 Å². The smallest absolute Gasteiger partial charge is 0.0639 e. The predicted molar refractivity (Wildman–Crippen MR) is 103 cm³/mol. The van der Waals surface area contributed by atoms with Gasteiger partial charge in [-0.25, -0.2) is 0 Å². The third-order valence-corrected chi connectivity index (χ3v) is 3.57. The van der Waals surface area contributed by atoms with Gasteiger partial charge in [-0.15, -0.1) is 0 Å². The van der Waals surface area contributed by atoms with Gasteiger partial charge in [0.25, 0.3) is 0 Å². The second kappa shape index (κ2) is 17.1. The lowest BCUT2D eigenvalue weighted by molar-refractivity contribution is 0.127. The van der Waals surface area contributed by atoms with Gasteiger partial charge in [0.2, 0.25) is 0 Å². The van der Waals surface area contributed by atoms with E-state index < -0.39 is 0 Å². The van der Waals surface area contributed by atoms with E-state index in [1.54, 1.807) is 13.8 Å². The predicted octanol–water partition coefficient (Wildman–Crippen LogP) is -2.21. The quantitative estimate of drug-likeness (QED) is 0.137. The van der Waals surface area contributed by atoms with Crippen molar-refractivity contribution in [3.05, 3.63) is 0 Å². The molecule has 0 fully saturated rings. The van der Waals surface area contributed by atoms with Crippen LogP contribution in [0.25, 0.3) is 0 Å². The molecule has 0 aliphatic heterocycles. The van der Waals surface area contributed by atoms with Crippen LogP contribution in [-0.4, -0.2) is 111 Å². The molecule has 0 aromatic heterocycles. The Labute approximate surface area is 153 Å². The molecule has 8 nitrogen and oxygen atoms in total. The fourth-order valence-corrected chi connectivity index (χ4v) is 2.37. The Kier molecular flexibility index (Phi) is 16.9. The molecule has 0 amide bonds. The van der Waals surface area contributed by atoms with Crippen molar-refractivity contribution < 1.29 is 15.3 Å². The molecule has 0 heterocycles. The standard InChI is InChI=1S/C17H41N5O3/c1-15(23)12-20-6-4-18-8-10-22(14-17(3)25)11-9-19-5-7-21-13-16(2)24/h15-21,23-25H,4-14H2,1-3H3. The molecule has 0 rings (SSSR count). The highest BCUT2D eigenvalue weighted by atomic mass is 16.3. The van der Waals surface area contributed by atoms with Gasteiger partial charge in [-0.2, -0.15) is 0 Å². The minimum absolute atomic E-state index is 0.309. The largest absolute Gasteiger partial charge is 0.392 e. The summed E-state index contributed by atoms with van der Waals surface area (Å²) >= 11 is 0. The van der Waals surface area contributed by atoms with Crippen LogP contribution in [0.4, 0.5) is 0 Å². The number of aliphatic hydroxyl groups excluding tert-OH is 3. The summed E-state index contributed by atoms with van der Waals surface area (Å²) in [6.07, 6.45) is -0.951. The molecule has 3 unspecified atom stereocenters. The van der Waals surface area contributed by atoms with Crippen LogP contribution in [-0.2, 0) is 0 Å². The zero-order chi connectivity index (χ0) is 18.9. The summed E-state index contributed by atoms with van der Waals surface area (Å²) in [6.45, 7) is 14.2. The van der Waals surface area contributed by atoms with Crippen molar-refractivity contribution in [1.29, 1.82) is 0 Å². The molecule has 7 N–H and O–H groups in total. The minimum Gasteiger partial charge on any atom is -0.392 e. The normalized spacial score (nSPS) is 15.5. The van der Waals surface area contributed by atoms with E-state index >= 15 is 0 Å². The minimum atomic E-state index is -0.333. The molecule has 0 bridgehead atoms. The van der Waals surface area contributed by atoms with Crippen molar-refractivity contribution >= 4 is 0 Å². The summed E-state index contributed by atoms with van der Waals surface area (Å²) in [6, 6.07) is 0. The van der Waals surface area contributed by atoms with Crippen molar-refractivity contribution in [3.63, 3.8) is 0 Å². The molecule has 0 aromatic rings. The Bertz CT molecular complexity index is 259. The van der Waals surface area contributed by atoms with Crippen LogP contribution in [0, 0.1) is 0 Å². The molecule has 0 aliphatic carbocycles. The molecule has 8 heteroatoms. The maximum Gasteiger partial charge on any atom is 0.0639 e. The topological polar surface area (TPSA) is 112 Å². The third kappa shape index (κ3) is 19.8. The fraction of sp³-hybridized carbons (Fsp3) is 1.00. The molecule has 152 valence electrons. The second-order valence-electron chi connectivity index (χ2n) is 6.76. The van der Waals surface area contributed by atoms with Gasteiger partial charge in [-0.3, -0.25) is 4.90 Å². The zero-order valence-corrected chi connectivity index (χ0v) is 16.3. The van der Waals surface area contributed by atoms with Crippen LogP contribution >= 0.6 is 0 Å². The van der Waals surface area contributed by atoms with Gasteiger partial charge in [0.1, 0.15) is 0 Å². The Hall–Kier alpha value is -0.320. The van der Waals surface area contributed by atoms with Crippen LogP contribution in [0.2, 0.25) is 0 Å². The van der Waals surface area contributed by atoms with Gasteiger partial charge >= 0.3 is 0 Å². The monoisotopic (exact) mass is 363 g/mol. The van der Waals surface area contributed by atoms with E-state index in [1.807, 2.05) is 6.92 Å². The van der Waals surface area contributed by atoms with Crippen molar-refractivity contribution in [2.45, 2.75) is 39.1 Å². The number of aliphatic hydroxyl groups is 3. The van der Waals surface area contributed by atoms with Crippen LogP contribution in [0.1, 0.15) is 20.8 Å². The van der Waals surface area contributed by atoms with Gasteiger partial charge in [-0.05, 0) is 20.8 Å². The molecular formula is C17H41N5O3. The summed E-state index contributed by atoms with van der Waals surface area (Å²) < 4.78 is 0. The molecule has 0 aliphatic rings. The van der Waals surface area contributed by atoms with E-state index in [1.165, 1.54) is 0 Å². The fourth-order valence-electron chi connectivity index (χ4n) is 2.37. The molecule has 25 heavy (non-hydrogen) atoms. The van der Waals surface area contributed by atoms with Crippen molar-refractivity contribution in [2.24, 2.45) is 0 Å². The molecular weight excluding hydrogens is 322 g/mol. The first kappa shape index (κ1) is 24.7. The zero-order valence-electron chi connectivity index (χ0n) is 16.3. The van der Waals surface area contributed by atoms with Crippen LogP contribution < -0.4 is 21.3 Å². The highest BCUT2D eigenvalue weighted by molar-refractivity contribution is 4.66. The summed E-state index contributed by atoms with van der Waals surface area (Å²) in [4.78, 5) is 2.25. The first-order valence-corrected chi connectivity index (χ1v) is 9.51. The first-order chi connectivity index (χ1) is 11.9. The van der Waals surface area contributed by atoms with Crippen molar-refractivity contribution in [2.75, 3.05) is 72.0 Å². The number of rotatable bonds is 18. The van der Waals surface area contributed by atoms with Crippen LogP contribution in [0.15, 0.2) is 0 Å². The number of nitrogens with zero attached hydrogens (tertiary/aromatic N) is 1. The second-order valence-corrected chi connectivity index (χ2v) is 6.76. The van der Waals surface area contributed by atoms with E-state index in [4.69, 9.17) is 10.2 Å². The molecule has 0 saturated carbocycles. The lowest BCUT2D eigenvalue weighted by Gasteiger charge is -2.24. The average Bonchev–Trinajstić information content (AvgIpc) is 2.51. The van der Waals surface area contributed by atoms with Gasteiger partial charge in [-0.1, -0.05) is 0 Å². The molecule has 0 aromatic carbocycles. The Morgan fingerprint density at radius 2 is 1.00 bits per heavy atom. The summed E-state index contributed by atoms with van der Waals surface area (Å²) in [5.41, 5.74) is 0. The van der Waals surface area contributed by atoms with Crippen molar-refractivity contribution in [3.8, 4) is 0 Å². The average molecular weight is 364 g/mol. The summed E-state index contributed by atoms with van der Waals surface area (Å²) in [5.74, 6) is 0. The van der Waals surface area contributed by atoms with Gasteiger partial charge in [0, 0.05) is 72.0 Å². The Balaban J connectivity index is 3.65. The summed E-state index contributed by atoms with van der Waals surface area (Å²) in [7, 11) is 0. The molecule has 3 atom stereocenters. The SMILES string of the molecule is CC(O)CNCCNCCN(CCNCCNCC(C)O)CC(C)O. The lowest BCUT2D eigenvalue weighted by Crippen LogP contribution is -2.42. The number of hydrogen-bond acceptors (Lipinski definition) is 8. The lowest BCUT2D eigenvalue weighted by atomic mass is 10.3. The Morgan fingerprint density at radius 3 is 1.36 bits per heavy atom. The Morgan fingerprint density at radius 1 is 0.600 bits per heavy atom. The molecule has 0 saturated heterocycles. The van der Waals surface area contributed by atoms with E-state index in [9.17, 15) is 5.11 Å². The number of nitrogens with one attached hydrogen (secondary N) is 4. The maximum absolute atomic E-state index is 9.62. The van der Waals surface area contributed by atoms with E-state index in [-0.39, 0.29) is 18.3 Å². The maximum atomic E-state index is 9.62. The van der Waals surface area contributed by atoms with Crippen LogP contribution in [0.3, 0.4) is 0 Å². The van der Waals surface area contributed by atoms with E-state index in [0.29, 0.717) is 19.6 Å². The highest BCUT2D eigenvalue weighted by Gasteiger charge is 2.07. The molecule has 0 radical (unpaired) electrons. The first-order valence-electron chi connectivity index (χ1n) is 9.51. The summed E-state index contributed by atoms with van der Waals surface area (Å²) in [5, 5.41) is 41.0. The van der Waals surface area contributed by atoms with Gasteiger partial charge in [0.05, 0.1) is 18.3 Å².